The second-order valence-electron chi connectivity index (χ2n) is 5.65. The third-order valence-electron chi connectivity index (χ3n) is 3.46. The van der Waals surface area contributed by atoms with E-state index in [0.717, 1.165) is 12.8 Å². The van der Waals surface area contributed by atoms with Crippen LogP contribution >= 0.6 is 0 Å². The van der Waals surface area contributed by atoms with Crippen LogP contribution in [-0.2, 0) is 17.3 Å². The van der Waals surface area contributed by atoms with E-state index in [0.29, 0.717) is 31.3 Å². The van der Waals surface area contributed by atoms with E-state index in [2.05, 4.69) is 28.7 Å². The maximum absolute atomic E-state index is 12.4. The van der Waals surface area contributed by atoms with Gasteiger partial charge >= 0.3 is 0 Å². The second-order valence-corrected chi connectivity index (χ2v) is 7.36. The minimum atomic E-state index is -3.45. The third kappa shape index (κ3) is 3.56. The molecule has 20 heavy (non-hydrogen) atoms. The lowest BCUT2D eigenvalue weighted by molar-refractivity contribution is 0.413. The highest BCUT2D eigenvalue weighted by atomic mass is 32.2. The molecule has 0 radical (unpaired) electrons. The number of nitrogens with one attached hydrogen (secondary N) is 1. The molecule has 7 nitrogen and oxygen atoms in total. The molecule has 0 spiro atoms. The summed E-state index contributed by atoms with van der Waals surface area (Å²) in [5, 5.41) is 4.03. The molecular weight excluding hydrogens is 278 g/mol. The molecule has 1 aromatic heterocycles. The van der Waals surface area contributed by atoms with Gasteiger partial charge in [0.15, 0.2) is 0 Å². The highest BCUT2D eigenvalue weighted by Crippen LogP contribution is 2.22. The van der Waals surface area contributed by atoms with Gasteiger partial charge in [0.25, 0.3) is 10.2 Å². The van der Waals surface area contributed by atoms with E-state index < -0.39 is 10.2 Å². The van der Waals surface area contributed by atoms with Gasteiger partial charge in [0.05, 0.1) is 6.04 Å². The lowest BCUT2D eigenvalue weighted by Gasteiger charge is -2.23. The molecule has 0 aromatic carbocycles. The first-order valence-electron chi connectivity index (χ1n) is 7.01. The van der Waals surface area contributed by atoms with Gasteiger partial charge in [-0.2, -0.15) is 22.5 Å². The molecule has 8 heteroatoms. The molecular formula is C12H23N5O2S. The highest BCUT2D eigenvalue weighted by Gasteiger charge is 2.30. The fraction of sp³-hybridized carbons (Fsp3) is 0.833. The van der Waals surface area contributed by atoms with Gasteiger partial charge in [-0.05, 0) is 25.2 Å². The van der Waals surface area contributed by atoms with Crippen LogP contribution in [0, 0.1) is 5.92 Å². The zero-order chi connectivity index (χ0) is 14.8. The molecule has 0 amide bonds. The van der Waals surface area contributed by atoms with Crippen molar-refractivity contribution < 1.29 is 8.42 Å². The Morgan fingerprint density at radius 2 is 2.00 bits per heavy atom. The summed E-state index contributed by atoms with van der Waals surface area (Å²) in [5.74, 6) is 1.01. The van der Waals surface area contributed by atoms with Gasteiger partial charge in [-0.25, -0.2) is 4.98 Å². The molecule has 1 saturated heterocycles. The smallest absolute Gasteiger partial charge is 0.252 e. The summed E-state index contributed by atoms with van der Waals surface area (Å²) in [4.78, 5) is 4.19. The Balaban J connectivity index is 2.17. The Hall–Kier alpha value is -0.990. The van der Waals surface area contributed by atoms with Gasteiger partial charge in [-0.1, -0.05) is 13.8 Å². The topological polar surface area (TPSA) is 80.1 Å². The predicted octanol–water partition coefficient (Wildman–Crippen LogP) is 0.832. The number of hydrogen-bond donors (Lipinski definition) is 1. The van der Waals surface area contributed by atoms with Crippen molar-refractivity contribution in [3.63, 3.8) is 0 Å². The van der Waals surface area contributed by atoms with Gasteiger partial charge in [-0.3, -0.25) is 4.68 Å². The molecule has 0 bridgehead atoms. The van der Waals surface area contributed by atoms with Gasteiger partial charge in [0.1, 0.15) is 12.2 Å². The van der Waals surface area contributed by atoms with Crippen molar-refractivity contribution in [1.29, 1.82) is 0 Å². The third-order valence-corrected chi connectivity index (χ3v) is 5.09. The Kier molecular flexibility index (Phi) is 4.77. The Morgan fingerprint density at radius 1 is 1.35 bits per heavy atom. The first-order chi connectivity index (χ1) is 9.40. The molecule has 1 aromatic rings. The van der Waals surface area contributed by atoms with Crippen LogP contribution in [-0.4, -0.2) is 40.6 Å². The van der Waals surface area contributed by atoms with Crippen LogP contribution in [0.4, 0.5) is 0 Å². The van der Waals surface area contributed by atoms with Crippen LogP contribution in [0.15, 0.2) is 6.33 Å². The quantitative estimate of drug-likeness (QED) is 0.844. The van der Waals surface area contributed by atoms with Crippen molar-refractivity contribution in [2.75, 3.05) is 13.1 Å². The minimum Gasteiger partial charge on any atom is -0.252 e. The Labute approximate surface area is 120 Å². The zero-order valence-electron chi connectivity index (χ0n) is 12.3. The lowest BCUT2D eigenvalue weighted by Crippen LogP contribution is -2.41. The number of aromatic nitrogens is 3. The normalized spacial score (nSPS) is 18.8. The summed E-state index contributed by atoms with van der Waals surface area (Å²) < 4.78 is 30.7. The monoisotopic (exact) mass is 301 g/mol. The molecule has 0 saturated carbocycles. The molecule has 0 aliphatic carbocycles. The van der Waals surface area contributed by atoms with Crippen molar-refractivity contribution in [3.05, 3.63) is 12.2 Å². The summed E-state index contributed by atoms with van der Waals surface area (Å²) in [5.41, 5.74) is 0. The molecule has 2 rings (SSSR count). The molecule has 1 aliphatic rings. The van der Waals surface area contributed by atoms with E-state index >= 15 is 0 Å². The van der Waals surface area contributed by atoms with E-state index in [4.69, 9.17) is 0 Å². The zero-order valence-corrected chi connectivity index (χ0v) is 13.1. The summed E-state index contributed by atoms with van der Waals surface area (Å²) in [6.45, 7) is 5.33. The average Bonchev–Trinajstić information content (AvgIpc) is 2.97. The van der Waals surface area contributed by atoms with Crippen LogP contribution in [0.5, 0.6) is 0 Å². The number of nitrogens with zero attached hydrogens (tertiary/aromatic N) is 4. The van der Waals surface area contributed by atoms with E-state index in [-0.39, 0.29) is 6.04 Å². The fourth-order valence-electron chi connectivity index (χ4n) is 2.48. The molecule has 1 fully saturated rings. The van der Waals surface area contributed by atoms with Crippen LogP contribution in [0.3, 0.4) is 0 Å². The van der Waals surface area contributed by atoms with E-state index in [9.17, 15) is 8.42 Å². The van der Waals surface area contributed by atoms with E-state index in [1.165, 1.54) is 10.6 Å². The first-order valence-corrected chi connectivity index (χ1v) is 8.45. The van der Waals surface area contributed by atoms with Gasteiger partial charge in [0.2, 0.25) is 0 Å². The highest BCUT2D eigenvalue weighted by molar-refractivity contribution is 7.87. The second kappa shape index (κ2) is 6.19. The average molecular weight is 301 g/mol. The SMILES string of the molecule is CC(C)C[C@H](NS(=O)(=O)N1CCCC1)c1ncnn1C. The number of rotatable bonds is 6. The predicted molar refractivity (Wildman–Crippen MR) is 76.1 cm³/mol. The fourth-order valence-corrected chi connectivity index (χ4v) is 3.93. The van der Waals surface area contributed by atoms with Crippen molar-refractivity contribution >= 4 is 10.2 Å². The first kappa shape index (κ1) is 15.4. The summed E-state index contributed by atoms with van der Waals surface area (Å²) in [6, 6.07) is -0.340. The standard InChI is InChI=1S/C12H23N5O2S/c1-10(2)8-11(12-13-9-14-16(12)3)15-20(18,19)17-6-4-5-7-17/h9-11,15H,4-8H2,1-3H3/t11-/m0/s1. The van der Waals surface area contributed by atoms with Gasteiger partial charge in [0, 0.05) is 20.1 Å². The molecule has 2 heterocycles. The Bertz CT molecular complexity index is 534. The molecule has 1 atom stereocenters. The van der Waals surface area contributed by atoms with Crippen molar-refractivity contribution in [2.24, 2.45) is 13.0 Å². The molecule has 114 valence electrons. The van der Waals surface area contributed by atoms with Crippen LogP contribution in [0.1, 0.15) is 45.0 Å². The van der Waals surface area contributed by atoms with Crippen LogP contribution in [0.2, 0.25) is 0 Å². The number of aryl methyl sites for hydroxylation is 1. The van der Waals surface area contributed by atoms with E-state index in [1.807, 2.05) is 0 Å². The van der Waals surface area contributed by atoms with Crippen molar-refractivity contribution in [1.82, 2.24) is 23.8 Å². The van der Waals surface area contributed by atoms with Crippen LogP contribution in [0.25, 0.3) is 0 Å². The lowest BCUT2D eigenvalue weighted by atomic mass is 10.0. The van der Waals surface area contributed by atoms with E-state index in [1.54, 1.807) is 11.7 Å². The molecule has 1 aliphatic heterocycles. The summed E-state index contributed by atoms with van der Waals surface area (Å²) in [7, 11) is -1.67. The molecule has 0 unspecified atom stereocenters. The maximum atomic E-state index is 12.4. The largest absolute Gasteiger partial charge is 0.280 e. The van der Waals surface area contributed by atoms with Gasteiger partial charge < -0.3 is 0 Å². The number of hydrogen-bond acceptors (Lipinski definition) is 4. The maximum Gasteiger partial charge on any atom is 0.280 e. The van der Waals surface area contributed by atoms with Gasteiger partial charge in [-0.15, -0.1) is 0 Å². The van der Waals surface area contributed by atoms with Crippen molar-refractivity contribution in [2.45, 2.75) is 39.2 Å². The minimum absolute atomic E-state index is 0.340. The van der Waals surface area contributed by atoms with Crippen LogP contribution < -0.4 is 4.72 Å². The summed E-state index contributed by atoms with van der Waals surface area (Å²) >= 11 is 0. The Morgan fingerprint density at radius 3 is 2.50 bits per heavy atom. The molecule has 1 N–H and O–H groups in total. The van der Waals surface area contributed by atoms with Crippen molar-refractivity contribution in [3.8, 4) is 0 Å². The summed E-state index contributed by atoms with van der Waals surface area (Å²) in [6.07, 6.45) is 4.01.